The Balaban J connectivity index is 1.65. The van der Waals surface area contributed by atoms with E-state index in [9.17, 15) is 18.4 Å². The van der Waals surface area contributed by atoms with Gasteiger partial charge in [0.05, 0.1) is 6.42 Å². The van der Waals surface area contributed by atoms with Crippen LogP contribution in [0.3, 0.4) is 0 Å². The Labute approximate surface area is 176 Å². The summed E-state index contributed by atoms with van der Waals surface area (Å²) in [6, 6.07) is 8.72. The Kier molecular flexibility index (Phi) is 7.01. The number of aliphatic hydroxyl groups is 1. The number of carbonyl (C=O) groups is 2. The van der Waals surface area contributed by atoms with Crippen molar-refractivity contribution in [3.05, 3.63) is 64.0 Å². The van der Waals surface area contributed by atoms with Crippen LogP contribution in [0, 0.1) is 11.6 Å². The van der Waals surface area contributed by atoms with Crippen LogP contribution in [0.4, 0.5) is 25.8 Å². The number of hydrogen-bond acceptors (Lipinski definition) is 5. The van der Waals surface area contributed by atoms with Gasteiger partial charge in [0.25, 0.3) is 0 Å². The number of anilines is 2. The molecule has 0 radical (unpaired) electrons. The number of benzene rings is 2. The first-order chi connectivity index (χ1) is 14.9. The van der Waals surface area contributed by atoms with Crippen LogP contribution in [-0.2, 0) is 16.0 Å². The summed E-state index contributed by atoms with van der Waals surface area (Å²) in [7, 11) is 0. The Bertz CT molecular complexity index is 1010. The van der Waals surface area contributed by atoms with Gasteiger partial charge in [0.1, 0.15) is 23.9 Å². The summed E-state index contributed by atoms with van der Waals surface area (Å²) in [5.41, 5.74) is 9.08. The fourth-order valence-electron chi connectivity index (χ4n) is 3.40. The minimum atomic E-state index is -0.837. The Hall–Kier alpha value is -3.69. The van der Waals surface area contributed by atoms with Gasteiger partial charge in [-0.1, -0.05) is 23.3 Å². The zero-order chi connectivity index (χ0) is 22.4. The fraction of sp³-hybridized carbons (Fsp3) is 0.300. The van der Waals surface area contributed by atoms with Crippen molar-refractivity contribution < 1.29 is 23.5 Å². The van der Waals surface area contributed by atoms with Crippen molar-refractivity contribution in [2.24, 2.45) is 5.11 Å². The molecule has 1 fully saturated rings. The third-order valence-corrected chi connectivity index (χ3v) is 4.89. The molecule has 9 nitrogen and oxygen atoms in total. The van der Waals surface area contributed by atoms with E-state index in [0.29, 0.717) is 11.3 Å². The van der Waals surface area contributed by atoms with Crippen LogP contribution in [0.15, 0.2) is 41.5 Å². The van der Waals surface area contributed by atoms with Crippen molar-refractivity contribution in [3.63, 3.8) is 0 Å². The molecule has 2 amide bonds. The van der Waals surface area contributed by atoms with Crippen molar-refractivity contribution >= 4 is 28.9 Å². The van der Waals surface area contributed by atoms with E-state index in [2.05, 4.69) is 15.3 Å². The molecule has 3 rings (SSSR count). The van der Waals surface area contributed by atoms with Crippen LogP contribution in [0.25, 0.3) is 10.4 Å². The van der Waals surface area contributed by atoms with Gasteiger partial charge in [-0.25, -0.2) is 8.78 Å². The summed E-state index contributed by atoms with van der Waals surface area (Å²) in [4.78, 5) is 29.8. The number of amides is 2. The lowest BCUT2D eigenvalue weighted by Gasteiger charge is -2.36. The largest absolute Gasteiger partial charge is 0.387 e. The molecule has 0 bridgehead atoms. The van der Waals surface area contributed by atoms with Crippen molar-refractivity contribution in [2.75, 3.05) is 43.0 Å². The molecule has 0 unspecified atom stereocenters. The lowest BCUT2D eigenvalue weighted by atomic mass is 10.1. The Morgan fingerprint density at radius 2 is 1.77 bits per heavy atom. The van der Waals surface area contributed by atoms with Gasteiger partial charge in [0.2, 0.25) is 11.8 Å². The molecular formula is C20H20F2N6O3. The number of para-hydroxylation sites is 1. The van der Waals surface area contributed by atoms with E-state index < -0.39 is 24.1 Å². The smallest absolute Gasteiger partial charge is 0.250 e. The number of piperazine rings is 1. The standard InChI is InChI=1S/C20H20F2N6O3/c21-15-10-14(25-26-23)11-16(22)20(15)28-7-5-27(6-8-28)19(31)9-13-3-1-2-4-17(13)24-18(30)12-29/h1-4,10-11,29H,5-9,12H2,(H,24,30). The summed E-state index contributed by atoms with van der Waals surface area (Å²) < 4.78 is 28.7. The lowest BCUT2D eigenvalue weighted by Crippen LogP contribution is -2.49. The van der Waals surface area contributed by atoms with Crippen molar-refractivity contribution in [1.29, 1.82) is 0 Å². The molecule has 1 saturated heterocycles. The molecule has 0 atom stereocenters. The maximum atomic E-state index is 14.3. The average Bonchev–Trinajstić information content (AvgIpc) is 2.75. The summed E-state index contributed by atoms with van der Waals surface area (Å²) in [5, 5.41) is 14.7. The fourth-order valence-corrected chi connectivity index (χ4v) is 3.40. The normalized spacial score (nSPS) is 13.5. The molecule has 2 aromatic carbocycles. The number of carbonyl (C=O) groups excluding carboxylic acids is 2. The van der Waals surface area contributed by atoms with Gasteiger partial charge in [-0.15, -0.1) is 0 Å². The monoisotopic (exact) mass is 430 g/mol. The third kappa shape index (κ3) is 5.27. The molecule has 0 spiro atoms. The zero-order valence-electron chi connectivity index (χ0n) is 16.5. The highest BCUT2D eigenvalue weighted by atomic mass is 19.1. The summed E-state index contributed by atoms with van der Waals surface area (Å²) in [6.45, 7) is 0.315. The van der Waals surface area contributed by atoms with Gasteiger partial charge < -0.3 is 20.2 Å². The summed E-state index contributed by atoms with van der Waals surface area (Å²) >= 11 is 0. The number of aliphatic hydroxyl groups excluding tert-OH is 1. The number of rotatable bonds is 6. The van der Waals surface area contributed by atoms with Crippen molar-refractivity contribution in [2.45, 2.75) is 6.42 Å². The molecule has 1 heterocycles. The van der Waals surface area contributed by atoms with Crippen LogP contribution in [0.5, 0.6) is 0 Å². The van der Waals surface area contributed by atoms with Crippen LogP contribution in [-0.4, -0.2) is 54.6 Å². The van der Waals surface area contributed by atoms with Crippen molar-refractivity contribution in [1.82, 2.24) is 4.90 Å². The van der Waals surface area contributed by atoms with Gasteiger partial charge in [-0.2, -0.15) is 0 Å². The molecule has 162 valence electrons. The highest BCUT2D eigenvalue weighted by Crippen LogP contribution is 2.29. The van der Waals surface area contributed by atoms with Crippen LogP contribution < -0.4 is 10.2 Å². The first kappa shape index (κ1) is 22.0. The SMILES string of the molecule is [N-]=[N+]=Nc1cc(F)c(N2CCN(C(=O)Cc3ccccc3NC(=O)CO)CC2)c(F)c1. The van der Waals surface area contributed by atoms with Gasteiger partial charge in [-0.05, 0) is 29.3 Å². The second-order valence-corrected chi connectivity index (χ2v) is 6.86. The topological polar surface area (TPSA) is 122 Å². The molecule has 11 heteroatoms. The molecule has 0 aliphatic carbocycles. The van der Waals surface area contributed by atoms with Crippen molar-refractivity contribution in [3.8, 4) is 0 Å². The van der Waals surface area contributed by atoms with Gasteiger partial charge in [0.15, 0.2) is 0 Å². The maximum Gasteiger partial charge on any atom is 0.250 e. The molecule has 1 aliphatic heterocycles. The number of nitrogens with one attached hydrogen (secondary N) is 1. The quantitative estimate of drug-likeness (QED) is 0.416. The van der Waals surface area contributed by atoms with E-state index in [1.807, 2.05) is 0 Å². The van der Waals surface area contributed by atoms with Gasteiger partial charge in [0, 0.05) is 42.5 Å². The molecule has 2 N–H and O–H groups in total. The number of nitrogens with zero attached hydrogens (tertiary/aromatic N) is 5. The lowest BCUT2D eigenvalue weighted by molar-refractivity contribution is -0.130. The predicted molar refractivity (Wildman–Crippen MR) is 110 cm³/mol. The van der Waals surface area contributed by atoms with Gasteiger partial charge >= 0.3 is 0 Å². The highest BCUT2D eigenvalue weighted by molar-refractivity contribution is 5.93. The molecule has 1 aliphatic rings. The summed E-state index contributed by atoms with van der Waals surface area (Å²) in [6.07, 6.45) is 0.0332. The minimum Gasteiger partial charge on any atom is -0.387 e. The molecule has 31 heavy (non-hydrogen) atoms. The van der Waals surface area contributed by atoms with E-state index in [0.717, 1.165) is 12.1 Å². The van der Waals surface area contributed by atoms with Crippen LogP contribution in [0.1, 0.15) is 5.56 Å². The second kappa shape index (κ2) is 9.88. The van der Waals surface area contributed by atoms with E-state index in [1.54, 1.807) is 29.2 Å². The van der Waals surface area contributed by atoms with Crippen LogP contribution >= 0.6 is 0 Å². The molecule has 0 aromatic heterocycles. The maximum absolute atomic E-state index is 14.3. The number of azide groups is 1. The van der Waals surface area contributed by atoms with E-state index in [-0.39, 0.29) is 49.9 Å². The molecule has 0 saturated carbocycles. The Morgan fingerprint density at radius 3 is 2.39 bits per heavy atom. The third-order valence-electron chi connectivity index (χ3n) is 4.89. The number of halogens is 2. The molecular weight excluding hydrogens is 410 g/mol. The molecule has 2 aromatic rings. The summed E-state index contributed by atoms with van der Waals surface area (Å²) in [5.74, 6) is -2.44. The van der Waals surface area contributed by atoms with Gasteiger partial charge in [-0.3, -0.25) is 9.59 Å². The zero-order valence-corrected chi connectivity index (χ0v) is 16.5. The van der Waals surface area contributed by atoms with E-state index >= 15 is 0 Å². The number of hydrogen-bond donors (Lipinski definition) is 2. The first-order valence-electron chi connectivity index (χ1n) is 9.48. The Morgan fingerprint density at radius 1 is 1.13 bits per heavy atom. The minimum absolute atomic E-state index is 0.0332. The van der Waals surface area contributed by atoms with E-state index in [4.69, 9.17) is 10.6 Å². The second-order valence-electron chi connectivity index (χ2n) is 6.86. The predicted octanol–water partition coefficient (Wildman–Crippen LogP) is 2.73. The highest BCUT2D eigenvalue weighted by Gasteiger charge is 2.25. The van der Waals surface area contributed by atoms with E-state index in [1.165, 1.54) is 4.90 Å². The first-order valence-corrected chi connectivity index (χ1v) is 9.48. The van der Waals surface area contributed by atoms with Crippen LogP contribution in [0.2, 0.25) is 0 Å². The average molecular weight is 430 g/mol.